The van der Waals surface area contributed by atoms with Crippen molar-refractivity contribution >= 4 is 17.9 Å². The average molecular weight is 247 g/mol. The first-order valence-electron chi connectivity index (χ1n) is 5.10. The van der Waals surface area contributed by atoms with Crippen molar-refractivity contribution in [3.63, 3.8) is 0 Å². The maximum atomic E-state index is 11.5. The lowest BCUT2D eigenvalue weighted by Crippen LogP contribution is -2.45. The number of nitrogens with zero attached hydrogens (tertiary/aromatic N) is 1. The van der Waals surface area contributed by atoms with Gasteiger partial charge in [0.15, 0.2) is 6.61 Å². The summed E-state index contributed by atoms with van der Waals surface area (Å²) in [5.41, 5.74) is 1.95. The molecule has 17 heavy (non-hydrogen) atoms. The molecule has 0 aliphatic rings. The molecule has 0 atom stereocenters. The molecule has 0 unspecified atom stereocenters. The Labute approximate surface area is 98.9 Å². The monoisotopic (exact) mass is 247 g/mol. The Morgan fingerprint density at radius 3 is 2.47 bits per heavy atom. The fraction of sp³-hybridized carbons (Fsp3) is 0.667. The van der Waals surface area contributed by atoms with Crippen LogP contribution in [-0.2, 0) is 14.4 Å². The van der Waals surface area contributed by atoms with Crippen molar-refractivity contribution < 1.29 is 24.3 Å². The summed E-state index contributed by atoms with van der Waals surface area (Å²) in [6, 6.07) is -0.642. The van der Waals surface area contributed by atoms with Gasteiger partial charge in [0.25, 0.3) is 0 Å². The Morgan fingerprint density at radius 1 is 1.35 bits per heavy atom. The quantitative estimate of drug-likeness (QED) is 0.509. The highest BCUT2D eigenvalue weighted by molar-refractivity contribution is 5.83. The van der Waals surface area contributed by atoms with E-state index in [1.54, 1.807) is 0 Å². The normalized spacial score (nSPS) is 9.53. The van der Waals surface area contributed by atoms with Gasteiger partial charge in [-0.2, -0.15) is 0 Å². The molecule has 0 saturated carbocycles. The summed E-state index contributed by atoms with van der Waals surface area (Å²) in [5, 5.41) is 10.7. The van der Waals surface area contributed by atoms with Crippen molar-refractivity contribution in [2.75, 3.05) is 26.7 Å². The molecule has 3 N–H and O–H groups in total. The predicted molar refractivity (Wildman–Crippen MR) is 58.1 cm³/mol. The van der Waals surface area contributed by atoms with E-state index in [0.29, 0.717) is 13.0 Å². The van der Waals surface area contributed by atoms with E-state index in [0.717, 1.165) is 0 Å². The second-order valence-corrected chi connectivity index (χ2v) is 3.18. The summed E-state index contributed by atoms with van der Waals surface area (Å²) in [4.78, 5) is 38.4. The number of aliphatic carboxylic acids is 1. The lowest BCUT2D eigenvalue weighted by atomic mass is 10.4. The molecule has 0 saturated heterocycles. The van der Waals surface area contributed by atoms with E-state index in [1.807, 2.05) is 12.4 Å². The lowest BCUT2D eigenvalue weighted by molar-refractivity contribution is -0.144. The summed E-state index contributed by atoms with van der Waals surface area (Å²) in [6.07, 6.45) is 0.670. The second-order valence-electron chi connectivity index (χ2n) is 3.18. The van der Waals surface area contributed by atoms with E-state index >= 15 is 0 Å². The number of rotatable bonds is 7. The highest BCUT2D eigenvalue weighted by atomic mass is 16.7. The van der Waals surface area contributed by atoms with Crippen molar-refractivity contribution in [3.8, 4) is 0 Å². The molecule has 0 rings (SSSR count). The minimum atomic E-state index is -1.20. The van der Waals surface area contributed by atoms with E-state index < -0.39 is 18.6 Å². The molecule has 0 aromatic rings. The van der Waals surface area contributed by atoms with Crippen LogP contribution in [0.5, 0.6) is 0 Å². The largest absolute Gasteiger partial charge is 0.479 e. The molecular weight excluding hydrogens is 230 g/mol. The second kappa shape index (κ2) is 8.34. The molecule has 0 fully saturated rings. The number of carbonyl (C=O) groups is 3. The third kappa shape index (κ3) is 7.12. The third-order valence-corrected chi connectivity index (χ3v) is 1.75. The highest BCUT2D eigenvalue weighted by Gasteiger charge is 2.15. The number of carboxylic acids is 1. The first-order valence-corrected chi connectivity index (χ1v) is 5.10. The number of nitrogens with one attached hydrogen (secondary N) is 2. The van der Waals surface area contributed by atoms with E-state index in [4.69, 9.17) is 5.11 Å². The SMILES string of the molecule is CCCN(CC(=O)NC)C(=O)NOCC(=O)O. The van der Waals surface area contributed by atoms with Crippen LogP contribution in [0.1, 0.15) is 13.3 Å². The molecular formula is C9H17N3O5. The summed E-state index contributed by atoms with van der Waals surface area (Å²) < 4.78 is 0. The Kier molecular flexibility index (Phi) is 7.44. The molecule has 0 spiro atoms. The van der Waals surface area contributed by atoms with Gasteiger partial charge in [-0.15, -0.1) is 0 Å². The summed E-state index contributed by atoms with van der Waals surface area (Å²) in [5.74, 6) is -1.51. The van der Waals surface area contributed by atoms with Gasteiger partial charge < -0.3 is 15.3 Å². The van der Waals surface area contributed by atoms with Gasteiger partial charge in [-0.3, -0.25) is 9.63 Å². The number of hydrogen-bond acceptors (Lipinski definition) is 4. The van der Waals surface area contributed by atoms with Crippen molar-refractivity contribution in [2.24, 2.45) is 0 Å². The summed E-state index contributed by atoms with van der Waals surface area (Å²) in [7, 11) is 1.46. The zero-order valence-electron chi connectivity index (χ0n) is 9.86. The van der Waals surface area contributed by atoms with Crippen molar-refractivity contribution in [1.82, 2.24) is 15.7 Å². The Hall–Kier alpha value is -1.83. The first-order chi connectivity index (χ1) is 8.01. The molecule has 98 valence electrons. The Balaban J connectivity index is 4.14. The van der Waals surface area contributed by atoms with Gasteiger partial charge in [-0.1, -0.05) is 6.92 Å². The van der Waals surface area contributed by atoms with Gasteiger partial charge in [0.2, 0.25) is 5.91 Å². The zero-order chi connectivity index (χ0) is 13.3. The van der Waals surface area contributed by atoms with Crippen LogP contribution in [0.25, 0.3) is 0 Å². The van der Waals surface area contributed by atoms with Gasteiger partial charge in [0.1, 0.15) is 6.54 Å². The van der Waals surface area contributed by atoms with Crippen LogP contribution in [0.15, 0.2) is 0 Å². The molecule has 0 bridgehead atoms. The fourth-order valence-electron chi connectivity index (χ4n) is 0.999. The van der Waals surface area contributed by atoms with Crippen LogP contribution < -0.4 is 10.8 Å². The molecule has 3 amide bonds. The molecule has 0 aliphatic heterocycles. The van der Waals surface area contributed by atoms with Crippen LogP contribution in [0, 0.1) is 0 Å². The number of likely N-dealkylation sites (N-methyl/N-ethyl adjacent to an activating group) is 1. The van der Waals surface area contributed by atoms with Crippen LogP contribution in [0.4, 0.5) is 4.79 Å². The van der Waals surface area contributed by atoms with Gasteiger partial charge in [-0.05, 0) is 6.42 Å². The van der Waals surface area contributed by atoms with Gasteiger partial charge in [0.05, 0.1) is 0 Å². The molecule has 8 nitrogen and oxygen atoms in total. The molecule has 0 heterocycles. The first kappa shape index (κ1) is 15.2. The number of hydrogen-bond donors (Lipinski definition) is 3. The van der Waals surface area contributed by atoms with Crippen LogP contribution >= 0.6 is 0 Å². The third-order valence-electron chi connectivity index (χ3n) is 1.75. The van der Waals surface area contributed by atoms with Crippen molar-refractivity contribution in [2.45, 2.75) is 13.3 Å². The summed E-state index contributed by atoms with van der Waals surface area (Å²) >= 11 is 0. The van der Waals surface area contributed by atoms with E-state index in [1.165, 1.54) is 11.9 Å². The minimum absolute atomic E-state index is 0.105. The molecule has 0 aromatic heterocycles. The number of carbonyl (C=O) groups excluding carboxylic acids is 2. The molecule has 8 heteroatoms. The van der Waals surface area contributed by atoms with E-state index in [2.05, 4.69) is 10.2 Å². The minimum Gasteiger partial charge on any atom is -0.479 e. The highest BCUT2D eigenvalue weighted by Crippen LogP contribution is 1.92. The standard InChI is InChI=1S/C9H17N3O5/c1-3-4-12(5-7(13)10-2)9(16)11-17-6-8(14)15/h3-6H2,1-2H3,(H,10,13)(H,11,16)(H,14,15). The fourth-order valence-corrected chi connectivity index (χ4v) is 0.999. The van der Waals surface area contributed by atoms with E-state index in [9.17, 15) is 14.4 Å². The summed E-state index contributed by atoms with van der Waals surface area (Å²) in [6.45, 7) is 1.48. The number of hydroxylamine groups is 1. The van der Waals surface area contributed by atoms with Gasteiger partial charge in [-0.25, -0.2) is 15.1 Å². The maximum absolute atomic E-state index is 11.5. The van der Waals surface area contributed by atoms with Crippen LogP contribution in [-0.4, -0.2) is 54.7 Å². The Morgan fingerprint density at radius 2 is 2.00 bits per heavy atom. The zero-order valence-corrected chi connectivity index (χ0v) is 9.86. The Bertz CT molecular complexity index is 282. The van der Waals surface area contributed by atoms with E-state index in [-0.39, 0.29) is 12.5 Å². The predicted octanol–water partition coefficient (Wildman–Crippen LogP) is -0.830. The maximum Gasteiger partial charge on any atom is 0.341 e. The average Bonchev–Trinajstić information content (AvgIpc) is 2.27. The molecule has 0 aliphatic carbocycles. The number of urea groups is 1. The number of amides is 3. The van der Waals surface area contributed by atoms with Crippen molar-refractivity contribution in [1.29, 1.82) is 0 Å². The molecule has 0 radical (unpaired) electrons. The van der Waals surface area contributed by atoms with Crippen LogP contribution in [0.2, 0.25) is 0 Å². The van der Waals surface area contributed by atoms with Gasteiger partial charge in [0, 0.05) is 13.6 Å². The lowest BCUT2D eigenvalue weighted by Gasteiger charge is -2.20. The number of carboxylic acid groups (broad SMARTS) is 1. The van der Waals surface area contributed by atoms with Gasteiger partial charge >= 0.3 is 12.0 Å². The smallest absolute Gasteiger partial charge is 0.341 e. The molecule has 0 aromatic carbocycles. The van der Waals surface area contributed by atoms with Crippen molar-refractivity contribution in [3.05, 3.63) is 0 Å². The topological polar surface area (TPSA) is 108 Å². The van der Waals surface area contributed by atoms with Crippen LogP contribution in [0.3, 0.4) is 0 Å².